The Morgan fingerprint density at radius 3 is 2.27 bits per heavy atom. The quantitative estimate of drug-likeness (QED) is 0.422. The Bertz CT molecular complexity index is 174. The summed E-state index contributed by atoms with van der Waals surface area (Å²) in [7, 11) is 2.51. The zero-order chi connectivity index (χ0) is 11.3. The molecule has 1 rings (SSSR count). The summed E-state index contributed by atoms with van der Waals surface area (Å²) >= 11 is 0. The van der Waals surface area contributed by atoms with Gasteiger partial charge in [0, 0.05) is 12.8 Å². The molecule has 1 nitrogen and oxygen atoms in total. The van der Waals surface area contributed by atoms with E-state index < -0.39 is 0 Å². The molecule has 0 aromatic rings. The highest BCUT2D eigenvalue weighted by atomic mass is 15.4. The molecule has 1 aliphatic carbocycles. The van der Waals surface area contributed by atoms with Crippen molar-refractivity contribution in [3.8, 4) is 0 Å². The summed E-state index contributed by atoms with van der Waals surface area (Å²) in [6, 6.07) is 1.88. The third-order valence-electron chi connectivity index (χ3n) is 4.34. The predicted molar refractivity (Wildman–Crippen MR) is 68.0 cm³/mol. The van der Waals surface area contributed by atoms with Crippen LogP contribution in [0.5, 0.6) is 0 Å². The van der Waals surface area contributed by atoms with Gasteiger partial charge >= 0.3 is 0 Å². The van der Waals surface area contributed by atoms with Crippen molar-refractivity contribution >= 4 is 0 Å². The van der Waals surface area contributed by atoms with Gasteiger partial charge in [0.2, 0.25) is 0 Å². The maximum Gasteiger partial charge on any atom is 0.0894 e. The first kappa shape index (κ1) is 13.0. The number of nitrogens with zero attached hydrogens (tertiary/aromatic N) is 1. The van der Waals surface area contributed by atoms with Gasteiger partial charge in [-0.1, -0.05) is 26.7 Å². The largest absolute Gasteiger partial charge is 0.321 e. The minimum Gasteiger partial charge on any atom is -0.321 e. The molecule has 2 atom stereocenters. The Hall–Kier alpha value is -0.0400. The first-order valence-corrected chi connectivity index (χ1v) is 7.00. The van der Waals surface area contributed by atoms with Crippen molar-refractivity contribution in [2.75, 3.05) is 13.6 Å². The maximum atomic E-state index is 2.51. The van der Waals surface area contributed by atoms with Crippen LogP contribution in [0.1, 0.15) is 65.7 Å². The molecule has 0 radical (unpaired) electrons. The Morgan fingerprint density at radius 2 is 1.80 bits per heavy atom. The molecule has 1 aliphatic rings. The van der Waals surface area contributed by atoms with Crippen molar-refractivity contribution in [2.45, 2.75) is 77.8 Å². The standard InChI is InChI=1S/C14H30N/c1-5-7-8-12-15(4,14-10-11-14)13(3)9-6-2/h13-14H,5-12H2,1-4H3/q+1. The Balaban J connectivity index is 2.45. The lowest BCUT2D eigenvalue weighted by molar-refractivity contribution is -0.942. The van der Waals surface area contributed by atoms with Crippen LogP contribution in [0.25, 0.3) is 0 Å². The topological polar surface area (TPSA) is 0 Å². The van der Waals surface area contributed by atoms with Crippen molar-refractivity contribution in [3.05, 3.63) is 0 Å². The van der Waals surface area contributed by atoms with E-state index in [4.69, 9.17) is 0 Å². The third-order valence-corrected chi connectivity index (χ3v) is 4.34. The second-order valence-electron chi connectivity index (χ2n) is 5.65. The van der Waals surface area contributed by atoms with Gasteiger partial charge in [0.25, 0.3) is 0 Å². The van der Waals surface area contributed by atoms with Gasteiger partial charge in [0.15, 0.2) is 0 Å². The van der Waals surface area contributed by atoms with Gasteiger partial charge in [0.05, 0.1) is 25.7 Å². The summed E-state index contributed by atoms with van der Waals surface area (Å²) in [5.41, 5.74) is 0. The van der Waals surface area contributed by atoms with Crippen molar-refractivity contribution in [3.63, 3.8) is 0 Å². The third kappa shape index (κ3) is 3.48. The van der Waals surface area contributed by atoms with E-state index in [9.17, 15) is 0 Å². The van der Waals surface area contributed by atoms with E-state index in [0.717, 1.165) is 12.1 Å². The van der Waals surface area contributed by atoms with E-state index in [2.05, 4.69) is 27.8 Å². The first-order chi connectivity index (χ1) is 7.15. The zero-order valence-electron chi connectivity index (χ0n) is 11.3. The highest BCUT2D eigenvalue weighted by molar-refractivity contribution is 4.76. The molecular weight excluding hydrogens is 182 g/mol. The number of unbranched alkanes of at least 4 members (excludes halogenated alkanes) is 2. The second-order valence-corrected chi connectivity index (χ2v) is 5.65. The molecule has 1 fully saturated rings. The van der Waals surface area contributed by atoms with E-state index in [1.165, 1.54) is 56.0 Å². The molecule has 0 aromatic carbocycles. The van der Waals surface area contributed by atoms with E-state index in [1.54, 1.807) is 0 Å². The molecular formula is C14H30N+. The van der Waals surface area contributed by atoms with Gasteiger partial charge in [0.1, 0.15) is 0 Å². The molecule has 0 aromatic heterocycles. The SMILES string of the molecule is CCCCC[N+](C)(C(C)CCC)C1CC1. The second kappa shape index (κ2) is 5.89. The van der Waals surface area contributed by atoms with Gasteiger partial charge in [-0.15, -0.1) is 0 Å². The van der Waals surface area contributed by atoms with E-state index >= 15 is 0 Å². The van der Waals surface area contributed by atoms with Gasteiger partial charge in [-0.05, 0) is 26.2 Å². The molecule has 1 heteroatoms. The molecule has 1 saturated carbocycles. The Labute approximate surface area is 96.4 Å². The lowest BCUT2D eigenvalue weighted by Crippen LogP contribution is -2.53. The monoisotopic (exact) mass is 212 g/mol. The fourth-order valence-corrected chi connectivity index (χ4v) is 2.84. The average Bonchev–Trinajstić information content (AvgIpc) is 3.01. The van der Waals surface area contributed by atoms with Crippen LogP contribution in [0.3, 0.4) is 0 Å². The zero-order valence-corrected chi connectivity index (χ0v) is 11.3. The summed E-state index contributed by atoms with van der Waals surface area (Å²) in [5, 5.41) is 0. The summed E-state index contributed by atoms with van der Waals surface area (Å²) < 4.78 is 1.37. The van der Waals surface area contributed by atoms with Crippen LogP contribution < -0.4 is 0 Å². The molecule has 0 saturated heterocycles. The van der Waals surface area contributed by atoms with Crippen molar-refractivity contribution in [1.29, 1.82) is 0 Å². The van der Waals surface area contributed by atoms with E-state index in [1.807, 2.05) is 0 Å². The minimum absolute atomic E-state index is 0.874. The fourth-order valence-electron chi connectivity index (χ4n) is 2.84. The van der Waals surface area contributed by atoms with Crippen molar-refractivity contribution in [2.24, 2.45) is 0 Å². The lowest BCUT2D eigenvalue weighted by atomic mass is 10.1. The lowest BCUT2D eigenvalue weighted by Gasteiger charge is -2.41. The van der Waals surface area contributed by atoms with Crippen LogP contribution in [-0.2, 0) is 0 Å². The molecule has 90 valence electrons. The van der Waals surface area contributed by atoms with Crippen molar-refractivity contribution in [1.82, 2.24) is 0 Å². The Kier molecular flexibility index (Phi) is 5.11. The molecule has 0 bridgehead atoms. The smallest absolute Gasteiger partial charge is 0.0894 e. The normalized spacial score (nSPS) is 22.4. The van der Waals surface area contributed by atoms with Gasteiger partial charge in [-0.3, -0.25) is 0 Å². The van der Waals surface area contributed by atoms with Gasteiger partial charge < -0.3 is 4.48 Å². The van der Waals surface area contributed by atoms with Gasteiger partial charge in [-0.2, -0.15) is 0 Å². The molecule has 0 spiro atoms. The number of hydrogen-bond donors (Lipinski definition) is 0. The van der Waals surface area contributed by atoms with Crippen molar-refractivity contribution < 1.29 is 4.48 Å². The van der Waals surface area contributed by atoms with Crippen LogP contribution in [0, 0.1) is 0 Å². The Morgan fingerprint density at radius 1 is 1.13 bits per heavy atom. The summed E-state index contributed by atoms with van der Waals surface area (Å²) in [4.78, 5) is 0. The first-order valence-electron chi connectivity index (χ1n) is 7.00. The van der Waals surface area contributed by atoms with E-state index in [0.29, 0.717) is 0 Å². The van der Waals surface area contributed by atoms with Crippen LogP contribution in [0.2, 0.25) is 0 Å². The van der Waals surface area contributed by atoms with Crippen LogP contribution in [-0.4, -0.2) is 30.2 Å². The molecule has 0 aliphatic heterocycles. The minimum atomic E-state index is 0.874. The van der Waals surface area contributed by atoms with Crippen LogP contribution in [0.15, 0.2) is 0 Å². The van der Waals surface area contributed by atoms with E-state index in [-0.39, 0.29) is 0 Å². The predicted octanol–water partition coefficient (Wildman–Crippen LogP) is 3.97. The number of quaternary nitrogens is 1. The van der Waals surface area contributed by atoms with Crippen LogP contribution >= 0.6 is 0 Å². The molecule has 15 heavy (non-hydrogen) atoms. The maximum absolute atomic E-state index is 2.51. The average molecular weight is 212 g/mol. The molecule has 2 unspecified atom stereocenters. The molecule has 0 amide bonds. The highest BCUT2D eigenvalue weighted by Gasteiger charge is 2.43. The number of rotatable bonds is 8. The highest BCUT2D eigenvalue weighted by Crippen LogP contribution is 2.36. The summed E-state index contributed by atoms with van der Waals surface area (Å²) in [5.74, 6) is 0. The van der Waals surface area contributed by atoms with Gasteiger partial charge in [-0.25, -0.2) is 0 Å². The van der Waals surface area contributed by atoms with Crippen LogP contribution in [0.4, 0.5) is 0 Å². The number of hydrogen-bond acceptors (Lipinski definition) is 0. The molecule has 0 heterocycles. The molecule has 0 N–H and O–H groups in total. The summed E-state index contributed by atoms with van der Waals surface area (Å²) in [6.45, 7) is 8.50. The summed E-state index contributed by atoms with van der Waals surface area (Å²) in [6.07, 6.45) is 9.91. The fraction of sp³-hybridized carbons (Fsp3) is 1.00.